The molecule has 0 spiro atoms. The lowest BCUT2D eigenvalue weighted by molar-refractivity contribution is -0.144. The molecular weight excluding hydrogens is 343 g/mol. The summed E-state index contributed by atoms with van der Waals surface area (Å²) in [5.41, 5.74) is 0.303. The monoisotopic (exact) mass is 359 g/mol. The third kappa shape index (κ3) is 3.14. The second kappa shape index (κ2) is 6.44. The third-order valence-electron chi connectivity index (χ3n) is 4.39. The average Bonchev–Trinajstić information content (AvgIpc) is 2.67. The van der Waals surface area contributed by atoms with E-state index in [1.807, 2.05) is 23.1 Å². The molecule has 1 aliphatic heterocycles. The van der Waals surface area contributed by atoms with Crippen molar-refractivity contribution in [2.75, 3.05) is 36.0 Å². The number of piperazine rings is 1. The SMILES string of the molecule is FC(F)(F)c1nc(N2CCN(c3ccccn3)CC2)c2ccccc2n1. The molecule has 26 heavy (non-hydrogen) atoms. The van der Waals surface area contributed by atoms with Gasteiger partial charge in [0.25, 0.3) is 0 Å². The Hall–Kier alpha value is -2.90. The lowest BCUT2D eigenvalue weighted by Crippen LogP contribution is -2.47. The quantitative estimate of drug-likeness (QED) is 0.702. The maximum Gasteiger partial charge on any atom is 0.451 e. The standard InChI is InChI=1S/C18H16F3N5/c19-18(20,21)17-23-14-6-2-1-5-13(14)16(24-17)26-11-9-25(10-12-26)15-7-3-4-8-22-15/h1-8H,9-12H2. The van der Waals surface area contributed by atoms with Crippen molar-refractivity contribution < 1.29 is 13.2 Å². The summed E-state index contributed by atoms with van der Waals surface area (Å²) in [4.78, 5) is 15.9. The summed E-state index contributed by atoms with van der Waals surface area (Å²) in [5.74, 6) is 0.109. The zero-order valence-electron chi connectivity index (χ0n) is 13.8. The molecule has 1 fully saturated rings. The van der Waals surface area contributed by atoms with E-state index in [-0.39, 0.29) is 0 Å². The minimum absolute atomic E-state index is 0.303. The number of para-hydroxylation sites is 1. The van der Waals surface area contributed by atoms with Crippen molar-refractivity contribution >= 4 is 22.5 Å². The van der Waals surface area contributed by atoms with E-state index < -0.39 is 12.0 Å². The average molecular weight is 359 g/mol. The molecule has 134 valence electrons. The Kier molecular flexibility index (Phi) is 4.10. The van der Waals surface area contributed by atoms with Crippen LogP contribution in [0.1, 0.15) is 5.82 Å². The zero-order valence-corrected chi connectivity index (χ0v) is 13.8. The number of rotatable bonds is 2. The highest BCUT2D eigenvalue weighted by atomic mass is 19.4. The van der Waals surface area contributed by atoms with Crippen molar-refractivity contribution in [3.8, 4) is 0 Å². The van der Waals surface area contributed by atoms with E-state index in [0.717, 1.165) is 5.82 Å². The van der Waals surface area contributed by atoms with Gasteiger partial charge in [-0.25, -0.2) is 15.0 Å². The second-order valence-corrected chi connectivity index (χ2v) is 6.05. The minimum Gasteiger partial charge on any atom is -0.353 e. The van der Waals surface area contributed by atoms with Gasteiger partial charge >= 0.3 is 6.18 Å². The highest BCUT2D eigenvalue weighted by molar-refractivity contribution is 5.89. The van der Waals surface area contributed by atoms with Crippen molar-refractivity contribution in [1.29, 1.82) is 0 Å². The van der Waals surface area contributed by atoms with Gasteiger partial charge in [-0.2, -0.15) is 13.2 Å². The predicted octanol–water partition coefficient (Wildman–Crippen LogP) is 3.37. The Balaban J connectivity index is 1.65. The summed E-state index contributed by atoms with van der Waals surface area (Å²) in [6.07, 6.45) is -2.84. The molecule has 0 atom stereocenters. The van der Waals surface area contributed by atoms with Gasteiger partial charge in [0.2, 0.25) is 5.82 Å². The number of hydrogen-bond acceptors (Lipinski definition) is 5. The molecule has 0 saturated carbocycles. The first-order valence-corrected chi connectivity index (χ1v) is 8.27. The van der Waals surface area contributed by atoms with Crippen molar-refractivity contribution in [3.63, 3.8) is 0 Å². The maximum absolute atomic E-state index is 13.2. The van der Waals surface area contributed by atoms with Crippen LogP contribution in [0, 0.1) is 0 Å². The summed E-state index contributed by atoms with van der Waals surface area (Å²) in [5, 5.41) is 0.631. The number of hydrogen-bond donors (Lipinski definition) is 0. The smallest absolute Gasteiger partial charge is 0.353 e. The first-order valence-electron chi connectivity index (χ1n) is 8.27. The Labute approximate surface area is 148 Å². The third-order valence-corrected chi connectivity index (χ3v) is 4.39. The van der Waals surface area contributed by atoms with E-state index in [1.165, 1.54) is 0 Å². The number of benzene rings is 1. The molecule has 2 aromatic heterocycles. The van der Waals surface area contributed by atoms with Gasteiger partial charge in [0.05, 0.1) is 5.52 Å². The molecular formula is C18H16F3N5. The van der Waals surface area contributed by atoms with Crippen LogP contribution in [0.25, 0.3) is 10.9 Å². The Morgan fingerprint density at radius 1 is 0.808 bits per heavy atom. The molecule has 4 rings (SSSR count). The molecule has 0 radical (unpaired) electrons. The largest absolute Gasteiger partial charge is 0.451 e. The molecule has 0 bridgehead atoms. The number of alkyl halides is 3. The summed E-state index contributed by atoms with van der Waals surface area (Å²) in [6.45, 7) is 2.46. The molecule has 8 heteroatoms. The fourth-order valence-electron chi connectivity index (χ4n) is 3.12. The maximum atomic E-state index is 13.2. The fourth-order valence-corrected chi connectivity index (χ4v) is 3.12. The predicted molar refractivity (Wildman–Crippen MR) is 93.2 cm³/mol. The highest BCUT2D eigenvalue weighted by Crippen LogP contribution is 2.32. The van der Waals surface area contributed by atoms with Gasteiger partial charge in [-0.15, -0.1) is 0 Å². The normalized spacial score (nSPS) is 15.5. The van der Waals surface area contributed by atoms with Crippen LogP contribution in [0.15, 0.2) is 48.7 Å². The molecule has 1 aromatic carbocycles. The number of halogens is 3. The van der Waals surface area contributed by atoms with Gasteiger partial charge in [0.1, 0.15) is 11.6 Å². The van der Waals surface area contributed by atoms with Crippen LogP contribution in [-0.4, -0.2) is 41.1 Å². The van der Waals surface area contributed by atoms with Gasteiger partial charge < -0.3 is 9.80 Å². The van der Waals surface area contributed by atoms with Crippen molar-refractivity contribution in [3.05, 3.63) is 54.5 Å². The first-order chi connectivity index (χ1) is 12.5. The van der Waals surface area contributed by atoms with E-state index in [9.17, 15) is 13.2 Å². The number of nitrogens with zero attached hydrogens (tertiary/aromatic N) is 5. The van der Waals surface area contributed by atoms with Gasteiger partial charge in [0.15, 0.2) is 0 Å². The molecule has 0 N–H and O–H groups in total. The second-order valence-electron chi connectivity index (χ2n) is 6.05. The first kappa shape index (κ1) is 16.6. The molecule has 5 nitrogen and oxygen atoms in total. The number of anilines is 2. The van der Waals surface area contributed by atoms with Gasteiger partial charge in [0, 0.05) is 37.8 Å². The summed E-state index contributed by atoms with van der Waals surface area (Å²) in [6, 6.07) is 12.5. The number of pyridine rings is 1. The van der Waals surface area contributed by atoms with Gasteiger partial charge in [-0.05, 0) is 24.3 Å². The van der Waals surface area contributed by atoms with Crippen LogP contribution in [-0.2, 0) is 6.18 Å². The van der Waals surface area contributed by atoms with Crippen molar-refractivity contribution in [2.45, 2.75) is 6.18 Å². The number of aromatic nitrogens is 3. The Morgan fingerprint density at radius 3 is 2.19 bits per heavy atom. The minimum atomic E-state index is -4.57. The lowest BCUT2D eigenvalue weighted by Gasteiger charge is -2.36. The summed E-state index contributed by atoms with van der Waals surface area (Å²) < 4.78 is 39.6. The van der Waals surface area contributed by atoms with E-state index in [2.05, 4.69) is 19.9 Å². The van der Waals surface area contributed by atoms with Crippen LogP contribution in [0.4, 0.5) is 24.8 Å². The summed E-state index contributed by atoms with van der Waals surface area (Å²) in [7, 11) is 0. The van der Waals surface area contributed by atoms with E-state index >= 15 is 0 Å². The molecule has 3 aromatic rings. The zero-order chi connectivity index (χ0) is 18.1. The molecule has 0 amide bonds. The summed E-state index contributed by atoms with van der Waals surface area (Å²) >= 11 is 0. The van der Waals surface area contributed by atoms with Gasteiger partial charge in [-0.3, -0.25) is 0 Å². The molecule has 1 aliphatic rings. The Morgan fingerprint density at radius 2 is 1.50 bits per heavy atom. The lowest BCUT2D eigenvalue weighted by atomic mass is 10.2. The van der Waals surface area contributed by atoms with E-state index in [4.69, 9.17) is 0 Å². The van der Waals surface area contributed by atoms with Crippen LogP contribution in [0.2, 0.25) is 0 Å². The van der Waals surface area contributed by atoms with Gasteiger partial charge in [-0.1, -0.05) is 18.2 Å². The molecule has 0 unspecified atom stereocenters. The highest BCUT2D eigenvalue weighted by Gasteiger charge is 2.36. The van der Waals surface area contributed by atoms with Crippen molar-refractivity contribution in [2.24, 2.45) is 0 Å². The van der Waals surface area contributed by atoms with Crippen molar-refractivity contribution in [1.82, 2.24) is 15.0 Å². The van der Waals surface area contributed by atoms with E-state index in [1.54, 1.807) is 30.5 Å². The van der Waals surface area contributed by atoms with E-state index in [0.29, 0.717) is 42.9 Å². The molecule has 3 heterocycles. The molecule has 1 saturated heterocycles. The number of fused-ring (bicyclic) bond motifs is 1. The van der Waals surface area contributed by atoms with Crippen LogP contribution < -0.4 is 9.80 Å². The topological polar surface area (TPSA) is 45.2 Å². The molecule has 0 aliphatic carbocycles. The Bertz CT molecular complexity index is 906. The van der Waals surface area contributed by atoms with Crippen LogP contribution in [0.3, 0.4) is 0 Å². The fraction of sp³-hybridized carbons (Fsp3) is 0.278. The van der Waals surface area contributed by atoms with Crippen LogP contribution in [0.5, 0.6) is 0 Å². The van der Waals surface area contributed by atoms with Crippen LogP contribution >= 0.6 is 0 Å².